The predicted octanol–water partition coefficient (Wildman–Crippen LogP) is 0.776. The van der Waals surface area contributed by atoms with Crippen molar-refractivity contribution in [3.63, 3.8) is 0 Å². The Bertz CT molecular complexity index is 239. The summed E-state index contributed by atoms with van der Waals surface area (Å²) in [5.41, 5.74) is -0.670. The van der Waals surface area contributed by atoms with Crippen LogP contribution < -0.4 is 5.32 Å². The lowest BCUT2D eigenvalue weighted by atomic mass is 9.89. The molecule has 0 aromatic carbocycles. The number of hydrogen-bond donors (Lipinski definition) is 1. The maximum absolute atomic E-state index is 5.89. The van der Waals surface area contributed by atoms with Crippen LogP contribution in [0.5, 0.6) is 0 Å². The first-order valence-electron chi connectivity index (χ1n) is 6.11. The highest BCUT2D eigenvalue weighted by molar-refractivity contribution is 5.01. The molecule has 1 aliphatic heterocycles. The molecule has 5 atom stereocenters. The van der Waals surface area contributed by atoms with Crippen LogP contribution >= 0.6 is 0 Å². The molecule has 0 spiro atoms. The molecule has 1 N–H and O–H groups in total. The summed E-state index contributed by atoms with van der Waals surface area (Å²) in [6.07, 6.45) is -0.507. The summed E-state index contributed by atoms with van der Waals surface area (Å²) in [6, 6.07) is 0. The van der Waals surface area contributed by atoms with E-state index in [-0.39, 0.29) is 24.4 Å². The van der Waals surface area contributed by atoms with E-state index in [9.17, 15) is 0 Å². The zero-order valence-electron chi connectivity index (χ0n) is 11.6. The molecule has 0 aromatic heterocycles. The Kier molecular flexibility index (Phi) is 5.34. The van der Waals surface area contributed by atoms with Gasteiger partial charge in [-0.15, -0.1) is 0 Å². The van der Waals surface area contributed by atoms with Crippen LogP contribution in [0.3, 0.4) is 0 Å². The van der Waals surface area contributed by atoms with Gasteiger partial charge in [-0.1, -0.05) is 0 Å². The van der Waals surface area contributed by atoms with Gasteiger partial charge in [0.1, 0.15) is 18.3 Å². The van der Waals surface area contributed by atoms with Gasteiger partial charge in [-0.25, -0.2) is 0 Å². The quantitative estimate of drug-likeness (QED) is 0.727. The highest BCUT2D eigenvalue weighted by atomic mass is 16.6. The molecular weight excluding hydrogens is 222 g/mol. The first-order chi connectivity index (χ1) is 8.07. The van der Waals surface area contributed by atoms with Crippen molar-refractivity contribution >= 4 is 0 Å². The molecule has 1 saturated heterocycles. The van der Waals surface area contributed by atoms with Crippen LogP contribution in [0, 0.1) is 0 Å². The standard InChI is InChI=1S/C12H25NO4/c1-7-16-12(13-4)9(3)17-8(2)10(14-5)11(12)15-6/h8-11,13H,7H2,1-6H3/t8-,9-,10-,11-,12+/m0/s1. The third-order valence-electron chi connectivity index (χ3n) is 3.51. The summed E-state index contributed by atoms with van der Waals surface area (Å²) in [7, 11) is 5.19. The summed E-state index contributed by atoms with van der Waals surface area (Å²) in [6.45, 7) is 6.51. The van der Waals surface area contributed by atoms with E-state index in [0.717, 1.165) is 0 Å². The average molecular weight is 247 g/mol. The van der Waals surface area contributed by atoms with E-state index in [4.69, 9.17) is 18.9 Å². The minimum Gasteiger partial charge on any atom is -0.376 e. The predicted molar refractivity (Wildman–Crippen MR) is 65.0 cm³/mol. The highest BCUT2D eigenvalue weighted by Gasteiger charge is 2.54. The lowest BCUT2D eigenvalue weighted by Crippen LogP contribution is -2.72. The summed E-state index contributed by atoms with van der Waals surface area (Å²) < 4.78 is 22.9. The smallest absolute Gasteiger partial charge is 0.173 e. The van der Waals surface area contributed by atoms with Crippen molar-refractivity contribution in [3.8, 4) is 0 Å². The van der Waals surface area contributed by atoms with E-state index in [1.165, 1.54) is 0 Å². The van der Waals surface area contributed by atoms with Gasteiger partial charge in [0.15, 0.2) is 5.72 Å². The second-order valence-corrected chi connectivity index (χ2v) is 4.32. The fraction of sp³-hybridized carbons (Fsp3) is 1.00. The van der Waals surface area contributed by atoms with Gasteiger partial charge >= 0.3 is 0 Å². The molecule has 0 unspecified atom stereocenters. The molecule has 1 aliphatic rings. The van der Waals surface area contributed by atoms with Crippen molar-refractivity contribution in [2.75, 3.05) is 27.9 Å². The highest BCUT2D eigenvalue weighted by Crippen LogP contribution is 2.33. The molecule has 0 amide bonds. The van der Waals surface area contributed by atoms with Gasteiger partial charge in [0.25, 0.3) is 0 Å². The minimum atomic E-state index is -0.670. The van der Waals surface area contributed by atoms with Crippen molar-refractivity contribution < 1.29 is 18.9 Å². The zero-order valence-corrected chi connectivity index (χ0v) is 11.6. The Labute approximate surface area is 104 Å². The van der Waals surface area contributed by atoms with Crippen LogP contribution in [-0.4, -0.2) is 58.0 Å². The molecule has 5 heteroatoms. The number of nitrogens with one attached hydrogen (secondary N) is 1. The summed E-state index contributed by atoms with van der Waals surface area (Å²) in [5, 5.41) is 3.20. The minimum absolute atomic E-state index is 0.0260. The maximum atomic E-state index is 5.89. The summed E-state index contributed by atoms with van der Waals surface area (Å²) in [4.78, 5) is 0. The normalized spacial score (nSPS) is 42.7. The molecule has 17 heavy (non-hydrogen) atoms. The largest absolute Gasteiger partial charge is 0.376 e. The number of rotatable bonds is 5. The third-order valence-corrected chi connectivity index (χ3v) is 3.51. The van der Waals surface area contributed by atoms with Crippen molar-refractivity contribution in [2.45, 2.75) is 50.9 Å². The van der Waals surface area contributed by atoms with Gasteiger partial charge in [-0.3, -0.25) is 5.32 Å². The maximum Gasteiger partial charge on any atom is 0.173 e. The van der Waals surface area contributed by atoms with E-state index >= 15 is 0 Å². The number of hydrogen-bond acceptors (Lipinski definition) is 5. The van der Waals surface area contributed by atoms with Crippen LogP contribution in [0.25, 0.3) is 0 Å². The Morgan fingerprint density at radius 2 is 1.88 bits per heavy atom. The SMILES string of the molecule is CCO[C@]1(NC)[C@H](C)O[C@@H](C)[C@H](OC)[C@@H]1OC. The van der Waals surface area contributed by atoms with Gasteiger partial charge in [-0.05, 0) is 27.8 Å². The van der Waals surface area contributed by atoms with E-state index < -0.39 is 5.72 Å². The second kappa shape index (κ2) is 6.11. The van der Waals surface area contributed by atoms with Crippen molar-refractivity contribution in [3.05, 3.63) is 0 Å². The van der Waals surface area contributed by atoms with Gasteiger partial charge in [0, 0.05) is 20.8 Å². The van der Waals surface area contributed by atoms with Gasteiger partial charge in [0.2, 0.25) is 0 Å². The topological polar surface area (TPSA) is 49.0 Å². The molecule has 0 radical (unpaired) electrons. The molecule has 102 valence electrons. The Hall–Kier alpha value is -0.200. The van der Waals surface area contributed by atoms with E-state index in [2.05, 4.69) is 5.32 Å². The van der Waals surface area contributed by atoms with Gasteiger partial charge in [0.05, 0.1) is 6.10 Å². The molecule has 0 aromatic rings. The third kappa shape index (κ3) is 2.48. The van der Waals surface area contributed by atoms with Crippen molar-refractivity contribution in [2.24, 2.45) is 0 Å². The molecule has 0 bridgehead atoms. The Morgan fingerprint density at radius 1 is 1.24 bits per heavy atom. The monoisotopic (exact) mass is 247 g/mol. The summed E-state index contributed by atoms with van der Waals surface area (Å²) >= 11 is 0. The van der Waals surface area contributed by atoms with Crippen LogP contribution in [0.1, 0.15) is 20.8 Å². The molecule has 1 fully saturated rings. The first kappa shape index (κ1) is 14.9. The Balaban J connectivity index is 3.04. The van der Waals surface area contributed by atoms with E-state index in [0.29, 0.717) is 6.61 Å². The molecule has 0 aliphatic carbocycles. The lowest BCUT2D eigenvalue weighted by Gasteiger charge is -2.51. The average Bonchev–Trinajstić information content (AvgIpc) is 2.32. The first-order valence-corrected chi connectivity index (χ1v) is 6.11. The summed E-state index contributed by atoms with van der Waals surface area (Å²) in [5.74, 6) is 0. The fourth-order valence-corrected chi connectivity index (χ4v) is 2.70. The number of likely N-dealkylation sites (N-methyl/N-ethyl adjacent to an activating group) is 1. The van der Waals surface area contributed by atoms with Crippen LogP contribution in [0.4, 0.5) is 0 Å². The van der Waals surface area contributed by atoms with Crippen LogP contribution in [-0.2, 0) is 18.9 Å². The molecular formula is C12H25NO4. The zero-order chi connectivity index (χ0) is 13.1. The van der Waals surface area contributed by atoms with Crippen LogP contribution in [0.2, 0.25) is 0 Å². The molecule has 0 saturated carbocycles. The van der Waals surface area contributed by atoms with Gasteiger partial charge < -0.3 is 18.9 Å². The molecule has 1 rings (SSSR count). The van der Waals surface area contributed by atoms with Gasteiger partial charge in [-0.2, -0.15) is 0 Å². The van der Waals surface area contributed by atoms with Crippen molar-refractivity contribution in [1.82, 2.24) is 5.32 Å². The molecule has 1 heterocycles. The van der Waals surface area contributed by atoms with E-state index in [1.54, 1.807) is 14.2 Å². The van der Waals surface area contributed by atoms with Crippen LogP contribution in [0.15, 0.2) is 0 Å². The number of methoxy groups -OCH3 is 2. The lowest BCUT2D eigenvalue weighted by molar-refractivity contribution is -0.295. The number of ether oxygens (including phenoxy) is 4. The van der Waals surface area contributed by atoms with Crippen molar-refractivity contribution in [1.29, 1.82) is 0 Å². The Morgan fingerprint density at radius 3 is 2.29 bits per heavy atom. The molecule has 5 nitrogen and oxygen atoms in total. The van der Waals surface area contributed by atoms with E-state index in [1.807, 2.05) is 27.8 Å². The second-order valence-electron chi connectivity index (χ2n) is 4.32. The fourth-order valence-electron chi connectivity index (χ4n) is 2.70.